The number of hydrogen-bond acceptors (Lipinski definition) is 3. The Kier molecular flexibility index (Phi) is 4.09. The number of fused-ring (bicyclic) bond motifs is 2. The molecule has 5 heteroatoms. The van der Waals surface area contributed by atoms with E-state index in [9.17, 15) is 9.90 Å². The monoisotopic (exact) mass is 337 g/mol. The van der Waals surface area contributed by atoms with Crippen molar-refractivity contribution >= 4 is 17.7 Å². The van der Waals surface area contributed by atoms with Crippen LogP contribution in [0.4, 0.5) is 4.79 Å². The van der Waals surface area contributed by atoms with E-state index in [0.29, 0.717) is 17.9 Å². The van der Waals surface area contributed by atoms with E-state index in [1.807, 2.05) is 37.8 Å². The first-order valence-electron chi connectivity index (χ1n) is 8.18. The average Bonchev–Trinajstić information content (AvgIpc) is 2.71. The van der Waals surface area contributed by atoms with Gasteiger partial charge in [-0.25, -0.2) is 4.79 Å². The van der Waals surface area contributed by atoms with Crippen molar-refractivity contribution < 1.29 is 14.6 Å². The lowest BCUT2D eigenvalue weighted by Crippen LogP contribution is -2.53. The van der Waals surface area contributed by atoms with E-state index in [1.54, 1.807) is 12.1 Å². The molecule has 2 aliphatic rings. The van der Waals surface area contributed by atoms with E-state index in [0.717, 1.165) is 18.4 Å². The highest BCUT2D eigenvalue weighted by Crippen LogP contribution is 2.46. The van der Waals surface area contributed by atoms with E-state index < -0.39 is 11.2 Å². The highest BCUT2D eigenvalue weighted by atomic mass is 35.5. The molecule has 126 valence electrons. The van der Waals surface area contributed by atoms with Crippen LogP contribution in [-0.4, -0.2) is 33.8 Å². The Balaban J connectivity index is 1.79. The second-order valence-corrected chi connectivity index (χ2v) is 8.16. The van der Waals surface area contributed by atoms with Crippen LogP contribution < -0.4 is 0 Å². The van der Waals surface area contributed by atoms with Gasteiger partial charge in [0.15, 0.2) is 0 Å². The molecule has 0 aliphatic carbocycles. The highest BCUT2D eigenvalue weighted by molar-refractivity contribution is 6.30. The number of hydrogen-bond donors (Lipinski definition) is 1. The van der Waals surface area contributed by atoms with Crippen molar-refractivity contribution in [3.05, 3.63) is 34.9 Å². The van der Waals surface area contributed by atoms with Gasteiger partial charge in [0.25, 0.3) is 0 Å². The molecular weight excluding hydrogens is 314 g/mol. The van der Waals surface area contributed by atoms with Crippen molar-refractivity contribution in [2.75, 3.05) is 0 Å². The molecule has 1 amide bonds. The molecule has 2 fully saturated rings. The van der Waals surface area contributed by atoms with E-state index in [2.05, 4.69) is 0 Å². The second-order valence-electron chi connectivity index (χ2n) is 7.72. The Morgan fingerprint density at radius 3 is 2.22 bits per heavy atom. The van der Waals surface area contributed by atoms with Crippen LogP contribution >= 0.6 is 11.6 Å². The summed E-state index contributed by atoms with van der Waals surface area (Å²) in [5, 5.41) is 11.8. The minimum Gasteiger partial charge on any atom is -0.444 e. The number of carbonyl (C=O) groups is 1. The summed E-state index contributed by atoms with van der Waals surface area (Å²) in [4.78, 5) is 14.3. The third-order valence-electron chi connectivity index (χ3n) is 4.75. The van der Waals surface area contributed by atoms with Crippen LogP contribution in [0.1, 0.15) is 52.0 Å². The first-order chi connectivity index (χ1) is 10.7. The van der Waals surface area contributed by atoms with Gasteiger partial charge in [0, 0.05) is 29.9 Å². The van der Waals surface area contributed by atoms with Gasteiger partial charge in [0.1, 0.15) is 5.60 Å². The van der Waals surface area contributed by atoms with Gasteiger partial charge in [-0.05, 0) is 51.3 Å². The maximum Gasteiger partial charge on any atom is 0.410 e. The van der Waals surface area contributed by atoms with Crippen molar-refractivity contribution in [1.29, 1.82) is 0 Å². The fraction of sp³-hybridized carbons (Fsp3) is 0.611. The summed E-state index contributed by atoms with van der Waals surface area (Å²) in [5.41, 5.74) is -0.516. The minimum atomic E-state index is -0.894. The first kappa shape index (κ1) is 16.6. The molecule has 0 aromatic heterocycles. The predicted octanol–water partition coefficient (Wildman–Crippen LogP) is 4.09. The van der Waals surface area contributed by atoms with Crippen molar-refractivity contribution in [3.8, 4) is 0 Å². The molecule has 2 heterocycles. The Morgan fingerprint density at radius 2 is 1.74 bits per heavy atom. The van der Waals surface area contributed by atoms with Crippen LogP contribution in [-0.2, 0) is 10.3 Å². The quantitative estimate of drug-likeness (QED) is 0.839. The molecule has 2 aliphatic heterocycles. The average molecular weight is 338 g/mol. The molecule has 4 nitrogen and oxygen atoms in total. The van der Waals surface area contributed by atoms with Crippen LogP contribution in [0, 0.1) is 0 Å². The predicted molar refractivity (Wildman–Crippen MR) is 89.5 cm³/mol. The zero-order chi connectivity index (χ0) is 16.8. The van der Waals surface area contributed by atoms with E-state index in [-0.39, 0.29) is 18.2 Å². The number of aliphatic hydroxyl groups is 1. The number of halogens is 1. The minimum absolute atomic E-state index is 0.0317. The Hall–Kier alpha value is -1.26. The third kappa shape index (κ3) is 3.33. The van der Waals surface area contributed by atoms with Crippen molar-refractivity contribution in [2.24, 2.45) is 0 Å². The largest absolute Gasteiger partial charge is 0.444 e. The molecule has 2 bridgehead atoms. The van der Waals surface area contributed by atoms with Crippen LogP contribution in [0.25, 0.3) is 0 Å². The molecular formula is C18H24ClNO3. The van der Waals surface area contributed by atoms with Crippen molar-refractivity contribution in [2.45, 2.75) is 69.7 Å². The van der Waals surface area contributed by atoms with Gasteiger partial charge in [0.05, 0.1) is 5.60 Å². The SMILES string of the molecule is CC(C)(C)OC(=O)N1[C@@H]2CC[C@H]1CC(O)(c1ccc(Cl)cc1)C2. The van der Waals surface area contributed by atoms with Crippen LogP contribution in [0.15, 0.2) is 24.3 Å². The maximum absolute atomic E-state index is 12.5. The zero-order valence-corrected chi connectivity index (χ0v) is 14.6. The molecule has 2 saturated heterocycles. The fourth-order valence-electron chi connectivity index (χ4n) is 3.83. The van der Waals surface area contributed by atoms with Crippen molar-refractivity contribution in [3.63, 3.8) is 0 Å². The fourth-order valence-corrected chi connectivity index (χ4v) is 3.96. The van der Waals surface area contributed by atoms with Gasteiger partial charge in [-0.3, -0.25) is 0 Å². The molecule has 1 aromatic rings. The Bertz CT molecular complexity index is 579. The van der Waals surface area contributed by atoms with Gasteiger partial charge in [-0.2, -0.15) is 0 Å². The Morgan fingerprint density at radius 1 is 1.22 bits per heavy atom. The van der Waals surface area contributed by atoms with Crippen LogP contribution in [0.2, 0.25) is 5.02 Å². The second kappa shape index (κ2) is 5.67. The molecule has 23 heavy (non-hydrogen) atoms. The Labute approximate surface area is 142 Å². The van der Waals surface area contributed by atoms with Gasteiger partial charge in [0.2, 0.25) is 0 Å². The van der Waals surface area contributed by atoms with Gasteiger partial charge >= 0.3 is 6.09 Å². The van der Waals surface area contributed by atoms with E-state index >= 15 is 0 Å². The number of piperidine rings is 1. The van der Waals surface area contributed by atoms with E-state index in [1.165, 1.54) is 0 Å². The van der Waals surface area contributed by atoms with Gasteiger partial charge in [-0.1, -0.05) is 23.7 Å². The third-order valence-corrected chi connectivity index (χ3v) is 5.00. The zero-order valence-electron chi connectivity index (χ0n) is 13.9. The molecule has 3 rings (SSSR count). The summed E-state index contributed by atoms with van der Waals surface area (Å²) >= 11 is 5.94. The highest BCUT2D eigenvalue weighted by Gasteiger charge is 2.51. The molecule has 1 unspecified atom stereocenters. The number of ether oxygens (including phenoxy) is 1. The summed E-state index contributed by atoms with van der Waals surface area (Å²) < 4.78 is 5.54. The summed E-state index contributed by atoms with van der Waals surface area (Å²) in [6.45, 7) is 5.63. The molecule has 0 spiro atoms. The van der Waals surface area contributed by atoms with Crippen LogP contribution in [0.5, 0.6) is 0 Å². The molecule has 1 aromatic carbocycles. The number of amides is 1. The topological polar surface area (TPSA) is 49.8 Å². The van der Waals surface area contributed by atoms with Gasteiger partial charge < -0.3 is 14.7 Å². The number of nitrogens with zero attached hydrogens (tertiary/aromatic N) is 1. The summed E-state index contributed by atoms with van der Waals surface area (Å²) in [5.74, 6) is 0. The number of rotatable bonds is 1. The molecule has 1 N–H and O–H groups in total. The number of carbonyl (C=O) groups excluding carboxylic acids is 1. The van der Waals surface area contributed by atoms with Gasteiger partial charge in [-0.15, -0.1) is 0 Å². The standard InChI is InChI=1S/C18H24ClNO3/c1-17(2,3)23-16(21)20-14-8-9-15(20)11-18(22,10-14)12-4-6-13(19)7-5-12/h4-7,14-15,22H,8-11H2,1-3H3/t14-,15+,18?. The molecule has 0 radical (unpaired) electrons. The molecule has 0 saturated carbocycles. The van der Waals surface area contributed by atoms with Crippen LogP contribution in [0.3, 0.4) is 0 Å². The number of benzene rings is 1. The maximum atomic E-state index is 12.5. The lowest BCUT2D eigenvalue weighted by atomic mass is 9.80. The lowest BCUT2D eigenvalue weighted by molar-refractivity contribution is -0.0624. The summed E-state index contributed by atoms with van der Waals surface area (Å²) in [7, 11) is 0. The smallest absolute Gasteiger partial charge is 0.410 e. The van der Waals surface area contributed by atoms with Crippen molar-refractivity contribution in [1.82, 2.24) is 4.90 Å². The summed E-state index contributed by atoms with van der Waals surface area (Å²) in [6, 6.07) is 7.43. The normalized spacial score (nSPS) is 30.4. The first-order valence-corrected chi connectivity index (χ1v) is 8.55. The lowest BCUT2D eigenvalue weighted by Gasteiger charge is -2.44. The summed E-state index contributed by atoms with van der Waals surface area (Å²) in [6.07, 6.45) is 2.66. The molecule has 3 atom stereocenters. The van der Waals surface area contributed by atoms with E-state index in [4.69, 9.17) is 16.3 Å².